The third-order valence-corrected chi connectivity index (χ3v) is 4.97. The van der Waals surface area contributed by atoms with Crippen molar-refractivity contribution in [3.63, 3.8) is 0 Å². The Kier molecular flexibility index (Phi) is 5.64. The van der Waals surface area contributed by atoms with Crippen LogP contribution in [0.5, 0.6) is 0 Å². The molecule has 0 aliphatic rings. The van der Waals surface area contributed by atoms with E-state index >= 15 is 0 Å². The summed E-state index contributed by atoms with van der Waals surface area (Å²) in [5, 5.41) is 4.58. The van der Waals surface area contributed by atoms with Crippen molar-refractivity contribution < 1.29 is 18.0 Å². The van der Waals surface area contributed by atoms with Crippen LogP contribution >= 0.6 is 11.6 Å². The summed E-state index contributed by atoms with van der Waals surface area (Å²) in [6, 6.07) is 10.1. The smallest absolute Gasteiger partial charge is 0.383 e. The molecule has 0 saturated carbocycles. The summed E-state index contributed by atoms with van der Waals surface area (Å²) in [4.78, 5) is 32.3. The van der Waals surface area contributed by atoms with Crippen LogP contribution in [0.2, 0.25) is 5.02 Å². The van der Waals surface area contributed by atoms with E-state index < -0.39 is 22.8 Å². The van der Waals surface area contributed by atoms with Crippen LogP contribution in [0.25, 0.3) is 16.7 Å². The lowest BCUT2D eigenvalue weighted by atomic mass is 10.2. The number of alkyl halides is 3. The molecule has 2 aromatic carbocycles. The fourth-order valence-corrected chi connectivity index (χ4v) is 3.36. The minimum Gasteiger partial charge on any atom is -0.383 e. The monoisotopic (exact) mass is 474 g/mol. The summed E-state index contributed by atoms with van der Waals surface area (Å²) in [7, 11) is 0. The minimum absolute atomic E-state index is 0.0604. The number of nitrogens with two attached hydrogens (primary N) is 1. The zero-order valence-electron chi connectivity index (χ0n) is 16.5. The number of fused-ring (bicyclic) bond motifs is 1. The molecule has 0 bridgehead atoms. The summed E-state index contributed by atoms with van der Waals surface area (Å²) in [6.07, 6.45) is -1.87. The van der Waals surface area contributed by atoms with Crippen LogP contribution in [0.3, 0.4) is 0 Å². The SMILES string of the molecule is Nc1ncnc2c1c(=O)ccn2-c1ccc(NC(=O)Nc2ccc(Cl)c(C(F)(F)F)c2)cc1. The van der Waals surface area contributed by atoms with Gasteiger partial charge in [-0.3, -0.25) is 4.79 Å². The van der Waals surface area contributed by atoms with Gasteiger partial charge in [-0.25, -0.2) is 14.8 Å². The van der Waals surface area contributed by atoms with Crippen molar-refractivity contribution in [2.24, 2.45) is 0 Å². The Bertz CT molecular complexity index is 1420. The number of amides is 2. The second-order valence-electron chi connectivity index (χ2n) is 6.83. The molecule has 0 aliphatic heterocycles. The summed E-state index contributed by atoms with van der Waals surface area (Å²) in [6.45, 7) is 0. The van der Waals surface area contributed by atoms with Crippen molar-refractivity contribution >= 4 is 45.9 Å². The number of hydrogen-bond donors (Lipinski definition) is 3. The number of rotatable bonds is 3. The van der Waals surface area contributed by atoms with Gasteiger partial charge in [-0.1, -0.05) is 11.6 Å². The Hall–Kier alpha value is -4.12. The standard InChI is InChI=1S/C21H14ClF3N6O2/c22-15-6-3-12(9-14(15)21(23,24)25)30-20(33)29-11-1-4-13(5-2-11)31-8-7-16(32)17-18(26)27-10-28-19(17)31/h1-10H,(H2,26,27,28)(H2,29,30,33). The van der Waals surface area contributed by atoms with Crippen molar-refractivity contribution in [1.82, 2.24) is 14.5 Å². The fraction of sp³-hybridized carbons (Fsp3) is 0.0476. The fourth-order valence-electron chi connectivity index (χ4n) is 3.13. The number of carbonyl (C=O) groups is 1. The van der Waals surface area contributed by atoms with Gasteiger partial charge in [0.1, 0.15) is 17.5 Å². The first-order chi connectivity index (χ1) is 15.6. The van der Waals surface area contributed by atoms with Gasteiger partial charge in [0.25, 0.3) is 0 Å². The van der Waals surface area contributed by atoms with E-state index in [0.29, 0.717) is 17.0 Å². The van der Waals surface area contributed by atoms with E-state index in [-0.39, 0.29) is 22.3 Å². The molecule has 12 heteroatoms. The molecule has 8 nitrogen and oxygen atoms in total. The summed E-state index contributed by atoms with van der Waals surface area (Å²) in [5.41, 5.74) is 5.68. The van der Waals surface area contributed by atoms with Gasteiger partial charge in [-0.05, 0) is 42.5 Å². The zero-order valence-corrected chi connectivity index (χ0v) is 17.3. The van der Waals surface area contributed by atoms with E-state index in [4.69, 9.17) is 17.3 Å². The number of carbonyl (C=O) groups excluding carboxylic acids is 1. The second-order valence-corrected chi connectivity index (χ2v) is 7.23. The van der Waals surface area contributed by atoms with Crippen molar-refractivity contribution in [1.29, 1.82) is 0 Å². The molecule has 0 radical (unpaired) electrons. The summed E-state index contributed by atoms with van der Waals surface area (Å²) in [5.74, 6) is 0.0604. The van der Waals surface area contributed by atoms with Crippen LogP contribution in [0.15, 0.2) is 65.8 Å². The van der Waals surface area contributed by atoms with Gasteiger partial charge < -0.3 is 20.9 Å². The molecule has 4 N–H and O–H groups in total. The minimum atomic E-state index is -4.65. The molecule has 0 atom stereocenters. The highest BCUT2D eigenvalue weighted by molar-refractivity contribution is 6.31. The predicted octanol–water partition coefficient (Wildman–Crippen LogP) is 4.68. The molecule has 168 valence electrons. The van der Waals surface area contributed by atoms with Crippen molar-refractivity contribution in [3.8, 4) is 5.69 Å². The zero-order chi connectivity index (χ0) is 23.8. The largest absolute Gasteiger partial charge is 0.417 e. The molecular weight excluding hydrogens is 461 g/mol. The molecule has 2 heterocycles. The first-order valence-corrected chi connectivity index (χ1v) is 9.68. The Morgan fingerprint density at radius 2 is 1.67 bits per heavy atom. The first-order valence-electron chi connectivity index (χ1n) is 9.30. The van der Waals surface area contributed by atoms with Crippen molar-refractivity contribution in [2.45, 2.75) is 6.18 Å². The molecular formula is C21H14ClF3N6O2. The molecule has 0 aliphatic carbocycles. The number of aromatic nitrogens is 3. The highest BCUT2D eigenvalue weighted by Gasteiger charge is 2.33. The highest BCUT2D eigenvalue weighted by atomic mass is 35.5. The number of nitrogens with zero attached hydrogens (tertiary/aromatic N) is 3. The second kappa shape index (κ2) is 8.43. The average molecular weight is 475 g/mol. The number of hydrogen-bond acceptors (Lipinski definition) is 5. The lowest BCUT2D eigenvalue weighted by Gasteiger charge is -2.13. The van der Waals surface area contributed by atoms with Crippen LogP contribution < -0.4 is 21.8 Å². The maximum atomic E-state index is 13.0. The maximum absolute atomic E-state index is 13.0. The van der Waals surface area contributed by atoms with E-state index in [9.17, 15) is 22.8 Å². The molecule has 0 spiro atoms. The van der Waals surface area contributed by atoms with Crippen molar-refractivity contribution in [3.05, 3.63) is 81.9 Å². The molecule has 33 heavy (non-hydrogen) atoms. The van der Waals surface area contributed by atoms with Crippen LogP contribution in [-0.2, 0) is 6.18 Å². The van der Waals surface area contributed by atoms with Crippen LogP contribution in [0.1, 0.15) is 5.56 Å². The van der Waals surface area contributed by atoms with Crippen LogP contribution in [0, 0.1) is 0 Å². The summed E-state index contributed by atoms with van der Waals surface area (Å²) >= 11 is 5.58. The quantitative estimate of drug-likeness (QED) is 0.399. The number of nitrogens with one attached hydrogen (secondary N) is 2. The number of halogens is 4. The lowest BCUT2D eigenvalue weighted by Crippen LogP contribution is -2.20. The van der Waals surface area contributed by atoms with Crippen LogP contribution in [0.4, 0.5) is 35.2 Å². The van der Waals surface area contributed by atoms with E-state index in [0.717, 1.165) is 12.1 Å². The van der Waals surface area contributed by atoms with Gasteiger partial charge in [0, 0.05) is 29.3 Å². The van der Waals surface area contributed by atoms with E-state index in [1.54, 1.807) is 28.8 Å². The lowest BCUT2D eigenvalue weighted by molar-refractivity contribution is -0.137. The third kappa shape index (κ3) is 4.58. The number of urea groups is 1. The number of benzene rings is 2. The Morgan fingerprint density at radius 3 is 2.36 bits per heavy atom. The van der Waals surface area contributed by atoms with Gasteiger partial charge in [-0.2, -0.15) is 13.2 Å². The van der Waals surface area contributed by atoms with Gasteiger partial charge in [0.05, 0.1) is 10.6 Å². The molecule has 0 fully saturated rings. The number of nitrogen functional groups attached to an aromatic ring is 1. The Balaban J connectivity index is 1.53. The van der Waals surface area contributed by atoms with E-state index in [2.05, 4.69) is 20.6 Å². The normalized spacial score (nSPS) is 11.4. The number of anilines is 3. The molecule has 2 amide bonds. The molecule has 2 aromatic heterocycles. The van der Waals surface area contributed by atoms with Gasteiger partial charge in [-0.15, -0.1) is 0 Å². The molecule has 4 rings (SSSR count). The van der Waals surface area contributed by atoms with Gasteiger partial charge >= 0.3 is 12.2 Å². The maximum Gasteiger partial charge on any atom is 0.417 e. The number of pyridine rings is 1. The summed E-state index contributed by atoms with van der Waals surface area (Å²) < 4.78 is 40.6. The van der Waals surface area contributed by atoms with Crippen LogP contribution in [-0.4, -0.2) is 20.6 Å². The van der Waals surface area contributed by atoms with E-state index in [1.165, 1.54) is 24.7 Å². The molecule has 0 unspecified atom stereocenters. The van der Waals surface area contributed by atoms with E-state index in [1.807, 2.05) is 0 Å². The average Bonchev–Trinajstić information content (AvgIpc) is 2.75. The highest BCUT2D eigenvalue weighted by Crippen LogP contribution is 2.36. The third-order valence-electron chi connectivity index (χ3n) is 4.64. The first kappa shape index (κ1) is 22.1. The van der Waals surface area contributed by atoms with Gasteiger partial charge in [0.15, 0.2) is 11.1 Å². The predicted molar refractivity (Wildman–Crippen MR) is 119 cm³/mol. The topological polar surface area (TPSA) is 115 Å². The Morgan fingerprint density at radius 1 is 1.00 bits per heavy atom. The molecule has 0 saturated heterocycles. The molecule has 4 aromatic rings. The Labute approximate surface area is 188 Å². The van der Waals surface area contributed by atoms with Gasteiger partial charge in [0.2, 0.25) is 0 Å². The van der Waals surface area contributed by atoms with Crippen molar-refractivity contribution in [2.75, 3.05) is 16.4 Å².